The van der Waals surface area contributed by atoms with E-state index in [-0.39, 0.29) is 19.2 Å². The number of amides is 2. The molecule has 2 unspecified atom stereocenters. The van der Waals surface area contributed by atoms with Crippen LogP contribution >= 0.6 is 0 Å². The van der Waals surface area contributed by atoms with Gasteiger partial charge in [0, 0.05) is 12.6 Å². The van der Waals surface area contributed by atoms with Crippen molar-refractivity contribution in [2.45, 2.75) is 51.6 Å². The fourth-order valence-electron chi connectivity index (χ4n) is 2.48. The van der Waals surface area contributed by atoms with E-state index in [1.807, 2.05) is 4.90 Å². The summed E-state index contributed by atoms with van der Waals surface area (Å²) in [5, 5.41) is 12.2. The highest BCUT2D eigenvalue weighted by Gasteiger charge is 2.48. The summed E-state index contributed by atoms with van der Waals surface area (Å²) in [6.45, 7) is 4.87. The van der Waals surface area contributed by atoms with Crippen molar-refractivity contribution in [2.75, 3.05) is 19.8 Å². The van der Waals surface area contributed by atoms with E-state index in [0.717, 1.165) is 32.2 Å². The minimum Gasteiger partial charge on any atom is -0.481 e. The van der Waals surface area contributed by atoms with Gasteiger partial charge in [0.1, 0.15) is 5.41 Å². The third kappa shape index (κ3) is 3.06. The van der Waals surface area contributed by atoms with Gasteiger partial charge in [-0.2, -0.15) is 0 Å². The molecule has 2 N–H and O–H groups in total. The van der Waals surface area contributed by atoms with E-state index in [2.05, 4.69) is 12.2 Å². The van der Waals surface area contributed by atoms with Crippen molar-refractivity contribution < 1.29 is 19.4 Å². The highest BCUT2D eigenvalue weighted by atomic mass is 16.5. The molecule has 1 saturated heterocycles. The predicted molar refractivity (Wildman–Crippen MR) is 73.5 cm³/mol. The molecule has 0 aromatic rings. The number of aliphatic carboxylic acids is 1. The maximum atomic E-state index is 12.4. The molecule has 0 radical (unpaired) electrons. The molecule has 2 aliphatic rings. The van der Waals surface area contributed by atoms with Gasteiger partial charge >= 0.3 is 12.0 Å². The molecule has 1 heterocycles. The van der Waals surface area contributed by atoms with E-state index in [1.54, 1.807) is 6.92 Å². The quantitative estimate of drug-likeness (QED) is 0.774. The van der Waals surface area contributed by atoms with Gasteiger partial charge in [0.15, 0.2) is 0 Å². The molecule has 0 aromatic carbocycles. The lowest BCUT2D eigenvalue weighted by molar-refractivity contribution is -0.148. The Bertz CT molecular complexity index is 383. The summed E-state index contributed by atoms with van der Waals surface area (Å²) >= 11 is 0. The number of carbonyl (C=O) groups excluding carboxylic acids is 1. The van der Waals surface area contributed by atoms with E-state index >= 15 is 0 Å². The third-order valence-corrected chi connectivity index (χ3v) is 4.24. The maximum Gasteiger partial charge on any atom is 0.317 e. The SMILES string of the molecule is CCCCN(C(=O)NC1COCC1(C)C(=O)O)C1CC1. The van der Waals surface area contributed by atoms with Gasteiger partial charge in [-0.3, -0.25) is 4.79 Å². The molecule has 2 rings (SSSR count). The van der Waals surface area contributed by atoms with Crippen LogP contribution in [0, 0.1) is 5.41 Å². The van der Waals surface area contributed by atoms with E-state index < -0.39 is 17.4 Å². The van der Waals surface area contributed by atoms with Gasteiger partial charge in [0.2, 0.25) is 0 Å². The monoisotopic (exact) mass is 284 g/mol. The van der Waals surface area contributed by atoms with Crippen molar-refractivity contribution in [2.24, 2.45) is 5.41 Å². The Morgan fingerprint density at radius 3 is 2.70 bits per heavy atom. The zero-order valence-corrected chi connectivity index (χ0v) is 12.2. The van der Waals surface area contributed by atoms with Crippen LogP contribution in [0.25, 0.3) is 0 Å². The Morgan fingerprint density at radius 1 is 1.45 bits per heavy atom. The van der Waals surface area contributed by atoms with Crippen molar-refractivity contribution in [3.63, 3.8) is 0 Å². The first-order valence-electron chi connectivity index (χ1n) is 7.37. The fourth-order valence-corrected chi connectivity index (χ4v) is 2.48. The number of nitrogens with one attached hydrogen (secondary N) is 1. The van der Waals surface area contributed by atoms with Gasteiger partial charge in [-0.25, -0.2) is 4.79 Å². The second kappa shape index (κ2) is 5.99. The Kier molecular flexibility index (Phi) is 4.52. The van der Waals surface area contributed by atoms with Crippen LogP contribution in [-0.2, 0) is 9.53 Å². The van der Waals surface area contributed by atoms with Crippen LogP contribution < -0.4 is 5.32 Å². The van der Waals surface area contributed by atoms with Crippen molar-refractivity contribution in [1.82, 2.24) is 10.2 Å². The van der Waals surface area contributed by atoms with Gasteiger partial charge in [-0.15, -0.1) is 0 Å². The molecule has 1 aliphatic heterocycles. The van der Waals surface area contributed by atoms with E-state index in [1.165, 1.54) is 0 Å². The maximum absolute atomic E-state index is 12.4. The average molecular weight is 284 g/mol. The van der Waals surface area contributed by atoms with Gasteiger partial charge in [-0.1, -0.05) is 13.3 Å². The highest BCUT2D eigenvalue weighted by molar-refractivity contribution is 5.79. The van der Waals surface area contributed by atoms with E-state index in [0.29, 0.717) is 6.04 Å². The first-order chi connectivity index (χ1) is 9.49. The Labute approximate surface area is 119 Å². The first-order valence-corrected chi connectivity index (χ1v) is 7.37. The summed E-state index contributed by atoms with van der Waals surface area (Å²) in [4.78, 5) is 25.6. The molecule has 0 aromatic heterocycles. The Hall–Kier alpha value is -1.30. The topological polar surface area (TPSA) is 78.9 Å². The molecule has 6 heteroatoms. The molecule has 2 fully saturated rings. The molecule has 0 bridgehead atoms. The molecule has 1 saturated carbocycles. The Morgan fingerprint density at radius 2 is 2.15 bits per heavy atom. The second-order valence-electron chi connectivity index (χ2n) is 6.02. The smallest absolute Gasteiger partial charge is 0.317 e. The van der Waals surface area contributed by atoms with Gasteiger partial charge in [0.25, 0.3) is 0 Å². The number of nitrogens with zero attached hydrogens (tertiary/aromatic N) is 1. The number of hydrogen-bond acceptors (Lipinski definition) is 3. The molecular formula is C14H24N2O4. The molecular weight excluding hydrogens is 260 g/mol. The minimum atomic E-state index is -1.03. The molecule has 1 aliphatic carbocycles. The molecule has 6 nitrogen and oxygen atoms in total. The van der Waals surface area contributed by atoms with Crippen molar-refractivity contribution in [1.29, 1.82) is 0 Å². The lowest BCUT2D eigenvalue weighted by atomic mass is 9.85. The molecule has 20 heavy (non-hydrogen) atoms. The molecule has 2 atom stereocenters. The van der Waals surface area contributed by atoms with Crippen LogP contribution in [0.3, 0.4) is 0 Å². The number of carboxylic acids is 1. The number of hydrogen-bond donors (Lipinski definition) is 2. The lowest BCUT2D eigenvalue weighted by Crippen LogP contribution is -2.54. The largest absolute Gasteiger partial charge is 0.481 e. The Balaban J connectivity index is 1.97. The van der Waals surface area contributed by atoms with E-state index in [4.69, 9.17) is 4.74 Å². The number of unbranched alkanes of at least 4 members (excludes halogenated alkanes) is 1. The molecule has 114 valence electrons. The summed E-state index contributed by atoms with van der Waals surface area (Å²) < 4.78 is 5.26. The minimum absolute atomic E-state index is 0.145. The zero-order valence-electron chi connectivity index (χ0n) is 12.2. The van der Waals surface area contributed by atoms with Crippen molar-refractivity contribution in [3.8, 4) is 0 Å². The highest BCUT2D eigenvalue weighted by Crippen LogP contribution is 2.30. The van der Waals surface area contributed by atoms with Crippen molar-refractivity contribution >= 4 is 12.0 Å². The average Bonchev–Trinajstić information content (AvgIpc) is 3.16. The van der Waals surface area contributed by atoms with Crippen LogP contribution in [0.5, 0.6) is 0 Å². The summed E-state index contributed by atoms with van der Waals surface area (Å²) in [6, 6.07) is -0.278. The van der Waals surface area contributed by atoms with Crippen LogP contribution in [0.4, 0.5) is 4.79 Å². The van der Waals surface area contributed by atoms with Gasteiger partial charge < -0.3 is 20.1 Å². The van der Waals surface area contributed by atoms with Crippen LogP contribution in [-0.4, -0.2) is 53.8 Å². The summed E-state index contributed by atoms with van der Waals surface area (Å²) in [5.74, 6) is -0.924. The standard InChI is InChI=1S/C14H24N2O4/c1-3-4-7-16(10-5-6-10)13(19)15-11-8-20-9-14(11,2)12(17)18/h10-11H,3-9H2,1-2H3,(H,15,19)(H,17,18). The fraction of sp³-hybridized carbons (Fsp3) is 0.857. The van der Waals surface area contributed by atoms with Gasteiger partial charge in [0.05, 0.1) is 19.3 Å². The number of carbonyl (C=O) groups is 2. The normalized spacial score (nSPS) is 29.2. The number of carboxylic acid groups (broad SMARTS) is 1. The van der Waals surface area contributed by atoms with Crippen LogP contribution in [0.15, 0.2) is 0 Å². The van der Waals surface area contributed by atoms with Crippen molar-refractivity contribution in [3.05, 3.63) is 0 Å². The summed E-state index contributed by atoms with van der Waals surface area (Å²) in [5.41, 5.74) is -1.03. The number of ether oxygens (including phenoxy) is 1. The molecule has 0 spiro atoms. The summed E-state index contributed by atoms with van der Waals surface area (Å²) in [6.07, 6.45) is 4.11. The van der Waals surface area contributed by atoms with Crippen LogP contribution in [0.1, 0.15) is 39.5 Å². The molecule has 2 amide bonds. The van der Waals surface area contributed by atoms with E-state index in [9.17, 15) is 14.7 Å². The summed E-state index contributed by atoms with van der Waals surface area (Å²) in [7, 11) is 0. The number of urea groups is 1. The third-order valence-electron chi connectivity index (χ3n) is 4.24. The predicted octanol–water partition coefficient (Wildman–Crippen LogP) is 1.45. The number of rotatable bonds is 6. The first kappa shape index (κ1) is 15.1. The second-order valence-corrected chi connectivity index (χ2v) is 6.02. The zero-order chi connectivity index (χ0) is 14.8. The lowest BCUT2D eigenvalue weighted by Gasteiger charge is -2.29. The van der Waals surface area contributed by atoms with Crippen LogP contribution in [0.2, 0.25) is 0 Å². The van der Waals surface area contributed by atoms with Gasteiger partial charge in [-0.05, 0) is 26.2 Å².